The van der Waals surface area contributed by atoms with Gasteiger partial charge in [0.05, 0.1) is 6.07 Å². The topological polar surface area (TPSA) is 44.1 Å². The molecule has 0 N–H and O–H groups in total. The Labute approximate surface area is 104 Å². The van der Waals surface area contributed by atoms with E-state index in [-0.39, 0.29) is 11.4 Å². The quantitative estimate of drug-likeness (QED) is 0.705. The number of hydrogen-bond acceptors (Lipinski definition) is 2. The van der Waals surface area contributed by atoms with Crippen molar-refractivity contribution in [3.63, 3.8) is 0 Å². The van der Waals surface area contributed by atoms with Gasteiger partial charge >= 0.3 is 0 Å². The first-order valence-electron chi connectivity index (χ1n) is 6.11. The fourth-order valence-corrected chi connectivity index (χ4v) is 2.49. The van der Waals surface area contributed by atoms with E-state index < -0.39 is 5.41 Å². The molecule has 1 aliphatic rings. The van der Waals surface area contributed by atoms with E-state index >= 15 is 0 Å². The van der Waals surface area contributed by atoms with E-state index in [0.717, 1.165) is 0 Å². The molecule has 0 aliphatic heterocycles. The van der Waals surface area contributed by atoms with Gasteiger partial charge in [0, 0.05) is 12.1 Å². The van der Waals surface area contributed by atoms with Crippen molar-refractivity contribution in [2.75, 3.05) is 6.54 Å². The zero-order valence-electron chi connectivity index (χ0n) is 11.3. The van der Waals surface area contributed by atoms with Gasteiger partial charge in [0.2, 0.25) is 5.91 Å². The first-order chi connectivity index (χ1) is 7.77. The minimum Gasteiger partial charge on any atom is -0.333 e. The molecule has 94 valence electrons. The maximum absolute atomic E-state index is 12.5. The van der Waals surface area contributed by atoms with Crippen molar-refractivity contribution in [3.05, 3.63) is 12.7 Å². The highest BCUT2D eigenvalue weighted by Gasteiger charge is 2.51. The lowest BCUT2D eigenvalue weighted by Gasteiger charge is -2.46. The number of rotatable bonds is 3. The predicted octanol–water partition coefficient (Wildman–Crippen LogP) is 2.74. The van der Waals surface area contributed by atoms with Gasteiger partial charge < -0.3 is 4.90 Å². The molecule has 0 spiro atoms. The summed E-state index contributed by atoms with van der Waals surface area (Å²) < 4.78 is 0. The third kappa shape index (κ3) is 2.52. The normalized spacial score (nSPS) is 27.8. The molecule has 0 aromatic carbocycles. The predicted molar refractivity (Wildman–Crippen MR) is 68.1 cm³/mol. The summed E-state index contributed by atoms with van der Waals surface area (Å²) in [5, 5.41) is 9.28. The second kappa shape index (κ2) is 4.52. The molecule has 1 saturated carbocycles. The van der Waals surface area contributed by atoms with Gasteiger partial charge in [0.15, 0.2) is 0 Å². The number of carbonyl (C=O) groups excluding carboxylic acids is 1. The third-order valence-corrected chi connectivity index (χ3v) is 3.38. The fourth-order valence-electron chi connectivity index (χ4n) is 2.49. The van der Waals surface area contributed by atoms with Crippen LogP contribution in [0.2, 0.25) is 0 Å². The van der Waals surface area contributed by atoms with E-state index in [4.69, 9.17) is 0 Å². The Kier molecular flexibility index (Phi) is 3.66. The Bertz CT molecular complexity index is 353. The highest BCUT2D eigenvalue weighted by molar-refractivity contribution is 5.87. The fraction of sp³-hybridized carbons (Fsp3) is 0.714. The first kappa shape index (κ1) is 13.8. The highest BCUT2D eigenvalue weighted by Crippen LogP contribution is 2.47. The van der Waals surface area contributed by atoms with Crippen LogP contribution in [0.3, 0.4) is 0 Å². The second-order valence-corrected chi connectivity index (χ2v) is 6.08. The smallest absolute Gasteiger partial charge is 0.243 e. The average Bonchev–Trinajstić information content (AvgIpc) is 2.18. The molecule has 0 heterocycles. The molecule has 0 atom stereocenters. The number of carbonyl (C=O) groups is 1. The summed E-state index contributed by atoms with van der Waals surface area (Å²) in [6, 6.07) is 2.23. The van der Waals surface area contributed by atoms with Crippen LogP contribution in [0.5, 0.6) is 0 Å². The lowest BCUT2D eigenvalue weighted by Crippen LogP contribution is -2.55. The molecule has 0 unspecified atom stereocenters. The largest absolute Gasteiger partial charge is 0.333 e. The maximum Gasteiger partial charge on any atom is 0.243 e. The molecule has 3 heteroatoms. The monoisotopic (exact) mass is 234 g/mol. The van der Waals surface area contributed by atoms with Crippen LogP contribution < -0.4 is 0 Å². The van der Waals surface area contributed by atoms with Crippen molar-refractivity contribution in [1.82, 2.24) is 4.90 Å². The van der Waals surface area contributed by atoms with Gasteiger partial charge in [-0.1, -0.05) is 13.0 Å². The molecule has 1 amide bonds. The van der Waals surface area contributed by atoms with Gasteiger partial charge in [0.1, 0.15) is 5.41 Å². The summed E-state index contributed by atoms with van der Waals surface area (Å²) in [6.45, 7) is 12.2. The Hall–Kier alpha value is -1.30. The number of nitriles is 1. The molecule has 1 fully saturated rings. The minimum absolute atomic E-state index is 0.0366. The summed E-state index contributed by atoms with van der Waals surface area (Å²) in [7, 11) is 0. The lowest BCUT2D eigenvalue weighted by atomic mass is 9.62. The van der Waals surface area contributed by atoms with E-state index in [1.165, 1.54) is 0 Å². The molecule has 1 rings (SSSR count). The Morgan fingerprint density at radius 1 is 1.59 bits per heavy atom. The average molecular weight is 234 g/mol. The Balaban J connectivity index is 2.93. The van der Waals surface area contributed by atoms with Crippen molar-refractivity contribution >= 4 is 5.91 Å². The molecule has 0 aromatic heterocycles. The van der Waals surface area contributed by atoms with Gasteiger partial charge in [-0.15, -0.1) is 6.58 Å². The van der Waals surface area contributed by atoms with Crippen molar-refractivity contribution in [1.29, 1.82) is 5.26 Å². The molecular formula is C14H22N2O. The standard InChI is InChI=1S/C14H22N2O/c1-6-7-16(13(3,4)5)12(17)14(10-15)8-11(2)9-14/h6,11H,1,7-9H2,2-5H3. The van der Waals surface area contributed by atoms with Crippen molar-refractivity contribution in [3.8, 4) is 6.07 Å². The maximum atomic E-state index is 12.5. The van der Waals surface area contributed by atoms with Crippen LogP contribution in [0.4, 0.5) is 0 Å². The summed E-state index contributed by atoms with van der Waals surface area (Å²) in [5.74, 6) is 0.439. The molecule has 1 aliphatic carbocycles. The van der Waals surface area contributed by atoms with Crippen LogP contribution in [0.1, 0.15) is 40.5 Å². The van der Waals surface area contributed by atoms with Crippen LogP contribution in [-0.2, 0) is 4.79 Å². The molecule has 0 radical (unpaired) electrons. The highest BCUT2D eigenvalue weighted by atomic mass is 16.2. The van der Waals surface area contributed by atoms with Crippen LogP contribution in [0.15, 0.2) is 12.7 Å². The Morgan fingerprint density at radius 3 is 2.41 bits per heavy atom. The minimum atomic E-state index is -0.782. The molecule has 17 heavy (non-hydrogen) atoms. The van der Waals surface area contributed by atoms with Gasteiger partial charge in [-0.3, -0.25) is 4.79 Å². The van der Waals surface area contributed by atoms with E-state index in [1.807, 2.05) is 20.8 Å². The zero-order valence-corrected chi connectivity index (χ0v) is 11.3. The van der Waals surface area contributed by atoms with E-state index in [2.05, 4.69) is 19.6 Å². The molecular weight excluding hydrogens is 212 g/mol. The van der Waals surface area contributed by atoms with Gasteiger partial charge in [-0.25, -0.2) is 0 Å². The van der Waals surface area contributed by atoms with Crippen molar-refractivity contribution < 1.29 is 4.79 Å². The van der Waals surface area contributed by atoms with Crippen molar-refractivity contribution in [2.45, 2.75) is 46.1 Å². The van der Waals surface area contributed by atoms with Gasteiger partial charge in [-0.05, 0) is 39.5 Å². The Morgan fingerprint density at radius 2 is 2.12 bits per heavy atom. The van der Waals surface area contributed by atoms with Crippen LogP contribution >= 0.6 is 0 Å². The molecule has 0 saturated heterocycles. The van der Waals surface area contributed by atoms with Crippen LogP contribution in [0, 0.1) is 22.7 Å². The summed E-state index contributed by atoms with van der Waals surface area (Å²) in [4.78, 5) is 14.3. The molecule has 0 aromatic rings. The number of hydrogen-bond donors (Lipinski definition) is 0. The van der Waals surface area contributed by atoms with Crippen molar-refractivity contribution in [2.24, 2.45) is 11.3 Å². The summed E-state index contributed by atoms with van der Waals surface area (Å²) in [5.41, 5.74) is -1.05. The van der Waals surface area contributed by atoms with Crippen LogP contribution in [-0.4, -0.2) is 22.9 Å². The van der Waals surface area contributed by atoms with Gasteiger partial charge in [0.25, 0.3) is 0 Å². The molecule has 0 bridgehead atoms. The van der Waals surface area contributed by atoms with E-state index in [1.54, 1.807) is 11.0 Å². The summed E-state index contributed by atoms with van der Waals surface area (Å²) in [6.07, 6.45) is 3.09. The summed E-state index contributed by atoms with van der Waals surface area (Å²) >= 11 is 0. The number of nitrogens with zero attached hydrogens (tertiary/aromatic N) is 2. The van der Waals surface area contributed by atoms with E-state index in [0.29, 0.717) is 25.3 Å². The zero-order chi connectivity index (χ0) is 13.3. The molecule has 3 nitrogen and oxygen atoms in total. The van der Waals surface area contributed by atoms with Gasteiger partial charge in [-0.2, -0.15) is 5.26 Å². The SMILES string of the molecule is C=CCN(C(=O)C1(C#N)CC(C)C1)C(C)(C)C. The third-order valence-electron chi connectivity index (χ3n) is 3.38. The van der Waals surface area contributed by atoms with Crippen LogP contribution in [0.25, 0.3) is 0 Å². The second-order valence-electron chi connectivity index (χ2n) is 6.08. The number of amides is 1. The lowest BCUT2D eigenvalue weighted by molar-refractivity contribution is -0.149. The van der Waals surface area contributed by atoms with E-state index in [9.17, 15) is 10.1 Å². The first-order valence-corrected chi connectivity index (χ1v) is 6.11.